The first-order chi connectivity index (χ1) is 8.97. The molecule has 0 radical (unpaired) electrons. The number of rotatable bonds is 5. The molecule has 0 amide bonds. The molecule has 4 nitrogen and oxygen atoms in total. The van der Waals surface area contributed by atoms with Crippen molar-refractivity contribution in [3.63, 3.8) is 0 Å². The Hall–Kier alpha value is -0.910. The second-order valence-electron chi connectivity index (χ2n) is 5.28. The molecule has 1 fully saturated rings. The largest absolute Gasteiger partial charge is 0.342 e. The molecular weight excluding hydrogens is 262 g/mol. The summed E-state index contributed by atoms with van der Waals surface area (Å²) >= 11 is 0. The first-order valence-electron chi connectivity index (χ1n) is 6.86. The molecule has 1 aromatic rings. The molecule has 106 valence electrons. The summed E-state index contributed by atoms with van der Waals surface area (Å²) in [6.07, 6.45) is 2.98. The van der Waals surface area contributed by atoms with Crippen molar-refractivity contribution >= 4 is 10.1 Å². The van der Waals surface area contributed by atoms with Gasteiger partial charge in [-0.3, -0.25) is 0 Å². The lowest BCUT2D eigenvalue weighted by molar-refractivity contribution is -1.07. The molecule has 0 saturated carbocycles. The lowest BCUT2D eigenvalue weighted by Gasteiger charge is -2.29. The van der Waals surface area contributed by atoms with Crippen molar-refractivity contribution in [2.45, 2.75) is 38.0 Å². The molecule has 1 saturated heterocycles. The summed E-state index contributed by atoms with van der Waals surface area (Å²) in [4.78, 5) is 0.249. The van der Waals surface area contributed by atoms with Crippen LogP contribution in [0.25, 0.3) is 0 Å². The molecule has 1 heterocycles. The fourth-order valence-electron chi connectivity index (χ4n) is 2.61. The summed E-state index contributed by atoms with van der Waals surface area (Å²) in [5.41, 5.74) is 1.04. The minimum atomic E-state index is -3.67. The van der Waals surface area contributed by atoms with Gasteiger partial charge in [-0.05, 0) is 25.5 Å². The van der Waals surface area contributed by atoms with Crippen LogP contribution in [0.3, 0.4) is 0 Å². The Morgan fingerprint density at radius 3 is 2.26 bits per heavy atom. The van der Waals surface area contributed by atoms with Gasteiger partial charge in [0, 0.05) is 12.8 Å². The van der Waals surface area contributed by atoms with Crippen LogP contribution in [0.4, 0.5) is 0 Å². The first-order valence-corrected chi connectivity index (χ1v) is 8.27. The number of benzene rings is 1. The van der Waals surface area contributed by atoms with E-state index in [2.05, 4.69) is 6.92 Å². The number of hydrogen-bond donors (Lipinski definition) is 0. The highest BCUT2D eigenvalue weighted by Crippen LogP contribution is 2.26. The minimum absolute atomic E-state index is 0.249. The molecule has 0 aliphatic carbocycles. The maximum Gasteiger partial charge on any atom is 0.342 e. The van der Waals surface area contributed by atoms with Gasteiger partial charge in [-0.1, -0.05) is 28.9 Å². The van der Waals surface area contributed by atoms with Crippen molar-refractivity contribution in [2.75, 3.05) is 19.6 Å². The van der Waals surface area contributed by atoms with Gasteiger partial charge < -0.3 is 0 Å². The Morgan fingerprint density at radius 1 is 1.16 bits per heavy atom. The summed E-state index contributed by atoms with van der Waals surface area (Å²) in [6, 6.07) is 6.82. The van der Waals surface area contributed by atoms with E-state index in [4.69, 9.17) is 4.28 Å². The van der Waals surface area contributed by atoms with E-state index in [1.165, 1.54) is 0 Å². The van der Waals surface area contributed by atoms with Crippen molar-refractivity contribution in [3.05, 3.63) is 29.8 Å². The number of likely N-dealkylation sites (tertiary alicyclic amines) is 1. The zero-order valence-corrected chi connectivity index (χ0v) is 12.4. The molecule has 0 unspecified atom stereocenters. The lowest BCUT2D eigenvalue weighted by atomic mass is 10.2. The minimum Gasteiger partial charge on any atom is -0.189 e. The highest BCUT2D eigenvalue weighted by Gasteiger charge is 2.39. The molecule has 0 aromatic heterocycles. The van der Waals surface area contributed by atoms with Crippen LogP contribution in [0.15, 0.2) is 29.2 Å². The number of quaternary nitrogens is 1. The Bertz CT molecular complexity index is 516. The third-order valence-electron chi connectivity index (χ3n) is 3.58. The summed E-state index contributed by atoms with van der Waals surface area (Å²) in [5, 5.41) is 0. The standard InChI is InChI=1S/C14H22NO3S/c1-3-10-15(11-4-5-12-15)18-19(16,17)14-8-6-13(2)7-9-14/h6-9H,3-5,10-12H2,1-2H3/q+1. The number of aryl methyl sites for hydroxylation is 1. The van der Waals surface area contributed by atoms with E-state index >= 15 is 0 Å². The predicted octanol–water partition coefficient (Wildman–Crippen LogP) is 2.64. The summed E-state index contributed by atoms with van der Waals surface area (Å²) < 4.78 is 30.5. The van der Waals surface area contributed by atoms with E-state index in [1.807, 2.05) is 6.92 Å². The van der Waals surface area contributed by atoms with Gasteiger partial charge >= 0.3 is 10.1 Å². The second-order valence-corrected chi connectivity index (χ2v) is 6.81. The normalized spacial score (nSPS) is 18.6. The first kappa shape index (κ1) is 14.5. The highest BCUT2D eigenvalue weighted by molar-refractivity contribution is 7.86. The fraction of sp³-hybridized carbons (Fsp3) is 0.571. The fourth-order valence-corrected chi connectivity index (χ4v) is 3.81. The van der Waals surface area contributed by atoms with Crippen LogP contribution in [0.1, 0.15) is 31.7 Å². The third-order valence-corrected chi connectivity index (χ3v) is 4.94. The number of nitrogens with zero attached hydrogens (tertiary/aromatic N) is 1. The van der Waals surface area contributed by atoms with Crippen LogP contribution in [-0.4, -0.2) is 32.7 Å². The molecular formula is C14H22NO3S+. The lowest BCUT2D eigenvalue weighted by Crippen LogP contribution is -2.47. The van der Waals surface area contributed by atoms with E-state index in [9.17, 15) is 8.42 Å². The van der Waals surface area contributed by atoms with Crippen LogP contribution in [0, 0.1) is 6.92 Å². The van der Waals surface area contributed by atoms with Gasteiger partial charge in [0.1, 0.15) is 19.6 Å². The van der Waals surface area contributed by atoms with Gasteiger partial charge in [0.15, 0.2) is 0 Å². The van der Waals surface area contributed by atoms with Crippen molar-refractivity contribution in [2.24, 2.45) is 0 Å². The number of hydroxylamine groups is 3. The predicted molar refractivity (Wildman–Crippen MR) is 73.8 cm³/mol. The van der Waals surface area contributed by atoms with E-state index < -0.39 is 10.1 Å². The Morgan fingerprint density at radius 2 is 1.74 bits per heavy atom. The van der Waals surface area contributed by atoms with E-state index in [0.29, 0.717) is 0 Å². The molecule has 5 heteroatoms. The Labute approximate surface area is 115 Å². The molecule has 2 rings (SSSR count). The maximum atomic E-state index is 12.3. The van der Waals surface area contributed by atoms with Crippen LogP contribution >= 0.6 is 0 Å². The van der Waals surface area contributed by atoms with E-state index in [1.54, 1.807) is 24.3 Å². The van der Waals surface area contributed by atoms with Gasteiger partial charge in [-0.2, -0.15) is 13.1 Å². The van der Waals surface area contributed by atoms with Crippen molar-refractivity contribution in [1.82, 2.24) is 0 Å². The molecule has 0 atom stereocenters. The Balaban J connectivity index is 2.22. The molecule has 1 aromatic carbocycles. The van der Waals surface area contributed by atoms with E-state index in [0.717, 1.165) is 44.5 Å². The second kappa shape index (κ2) is 5.61. The molecule has 1 aliphatic heterocycles. The van der Waals surface area contributed by atoms with Gasteiger partial charge in [-0.15, -0.1) is 0 Å². The van der Waals surface area contributed by atoms with Gasteiger partial charge in [0.25, 0.3) is 0 Å². The molecule has 1 aliphatic rings. The Kier molecular flexibility index (Phi) is 4.28. The monoisotopic (exact) mass is 284 g/mol. The topological polar surface area (TPSA) is 43.4 Å². The smallest absolute Gasteiger partial charge is 0.189 e. The molecule has 0 bridgehead atoms. The summed E-state index contributed by atoms with van der Waals surface area (Å²) in [6.45, 7) is 6.33. The van der Waals surface area contributed by atoms with Crippen LogP contribution in [-0.2, 0) is 14.4 Å². The zero-order chi connectivity index (χ0) is 13.9. The van der Waals surface area contributed by atoms with Gasteiger partial charge in [0.05, 0.1) is 4.90 Å². The molecule has 19 heavy (non-hydrogen) atoms. The van der Waals surface area contributed by atoms with Crippen molar-refractivity contribution in [1.29, 1.82) is 0 Å². The maximum absolute atomic E-state index is 12.3. The average Bonchev–Trinajstić information content (AvgIpc) is 2.77. The number of hydrogen-bond acceptors (Lipinski definition) is 3. The van der Waals surface area contributed by atoms with Crippen LogP contribution in [0.2, 0.25) is 0 Å². The van der Waals surface area contributed by atoms with Crippen LogP contribution in [0.5, 0.6) is 0 Å². The quantitative estimate of drug-likeness (QED) is 0.781. The summed E-state index contributed by atoms with van der Waals surface area (Å²) in [7, 11) is -3.67. The SMILES string of the molecule is CCC[N+]1(OS(=O)(=O)c2ccc(C)cc2)CCCC1. The average molecular weight is 284 g/mol. The molecule has 0 spiro atoms. The van der Waals surface area contributed by atoms with Gasteiger partial charge in [-0.25, -0.2) is 0 Å². The van der Waals surface area contributed by atoms with E-state index in [-0.39, 0.29) is 9.54 Å². The van der Waals surface area contributed by atoms with Crippen LogP contribution < -0.4 is 0 Å². The molecule has 0 N–H and O–H groups in total. The highest BCUT2D eigenvalue weighted by atomic mass is 32.2. The van der Waals surface area contributed by atoms with Gasteiger partial charge in [0.2, 0.25) is 0 Å². The summed E-state index contributed by atoms with van der Waals surface area (Å²) in [5.74, 6) is 0. The zero-order valence-electron chi connectivity index (χ0n) is 11.6. The van der Waals surface area contributed by atoms with Crippen molar-refractivity contribution in [3.8, 4) is 0 Å². The van der Waals surface area contributed by atoms with Crippen molar-refractivity contribution < 1.29 is 17.3 Å². The third kappa shape index (κ3) is 3.35.